The average molecular weight is 1270 g/mol. The molecule has 480 valence electrons. The van der Waals surface area contributed by atoms with Gasteiger partial charge in [0.1, 0.15) is 42.7 Å². The Kier molecular flexibility index (Phi) is 23.0. The van der Waals surface area contributed by atoms with Gasteiger partial charge in [0.25, 0.3) is 8.32 Å². The normalized spacial score (nSPS) is 24.5. The van der Waals surface area contributed by atoms with Gasteiger partial charge in [0.05, 0.1) is 52.9 Å². The van der Waals surface area contributed by atoms with E-state index >= 15 is 0 Å². The van der Waals surface area contributed by atoms with Crippen LogP contribution in [-0.4, -0.2) is 100 Å². The molecular formula is C75H96O12Si3. The van der Waals surface area contributed by atoms with Gasteiger partial charge in [-0.1, -0.05) is 288 Å². The fourth-order valence-corrected chi connectivity index (χ4v) is 29.2. The molecule has 0 aromatic heterocycles. The monoisotopic (exact) mass is 1270 g/mol. The maximum atomic E-state index is 8.21. The molecular weight excluding hydrogens is 1180 g/mol. The fourth-order valence-electron chi connectivity index (χ4n) is 13.5. The molecule has 0 amide bonds. The van der Waals surface area contributed by atoms with Gasteiger partial charge in [-0.05, 0) is 65.4 Å². The first-order chi connectivity index (χ1) is 43.5. The number of hydrogen-bond acceptors (Lipinski definition) is 12. The highest BCUT2D eigenvalue weighted by atomic mass is 28.5. The van der Waals surface area contributed by atoms with E-state index in [9.17, 15) is 0 Å². The highest BCUT2D eigenvalue weighted by Crippen LogP contribution is 2.52. The van der Waals surface area contributed by atoms with Crippen LogP contribution in [0.2, 0.25) is 27.2 Å². The van der Waals surface area contributed by atoms with Gasteiger partial charge in [-0.2, -0.15) is 0 Å². The molecule has 0 unspecified atom stereocenters. The van der Waals surface area contributed by atoms with E-state index in [0.717, 1.165) is 38.2 Å². The SMILES string of the molecule is CC(C)[Si]1(C(C)C)OC[C@@]2(O[C@H]3O[C@H](COCc4ccccc4)[C@@H](OCc4ccccc4)[C@H](OCc4ccccc4)[C@H]3OCc3ccccc3)O[C@H](CO[Si](c3ccccc3)(c3ccccc3)C(C)(C)C)[C@@H](O[Si](C(C)C)(C(C)C)O1)[C@@H]2OCc1ccccc1. The van der Waals surface area contributed by atoms with E-state index < -0.39 is 80.2 Å². The predicted octanol–water partition coefficient (Wildman–Crippen LogP) is 14.9. The summed E-state index contributed by atoms with van der Waals surface area (Å²) in [4.78, 5) is 0. The maximum absolute atomic E-state index is 8.21. The van der Waals surface area contributed by atoms with Crippen LogP contribution in [0.15, 0.2) is 212 Å². The molecule has 0 spiro atoms. The molecule has 0 N–H and O–H groups in total. The van der Waals surface area contributed by atoms with Gasteiger partial charge >= 0.3 is 17.1 Å². The Morgan fingerprint density at radius 1 is 0.456 bits per heavy atom. The molecule has 3 saturated heterocycles. The van der Waals surface area contributed by atoms with E-state index in [2.05, 4.69) is 197 Å². The second-order valence-electron chi connectivity index (χ2n) is 26.6. The topological polar surface area (TPSA) is 111 Å². The number of fused-ring (bicyclic) bond motifs is 2. The van der Waals surface area contributed by atoms with Gasteiger partial charge in [0, 0.05) is 0 Å². The molecule has 2 bridgehead atoms. The molecule has 3 heterocycles. The van der Waals surface area contributed by atoms with Crippen LogP contribution < -0.4 is 10.4 Å². The smallest absolute Gasteiger partial charge is 0.335 e. The summed E-state index contributed by atoms with van der Waals surface area (Å²) >= 11 is 0. The molecule has 12 nitrogen and oxygen atoms in total. The first-order valence-electron chi connectivity index (χ1n) is 32.5. The Labute approximate surface area is 539 Å². The number of rotatable bonds is 27. The van der Waals surface area contributed by atoms with Crippen molar-refractivity contribution >= 4 is 35.8 Å². The zero-order chi connectivity index (χ0) is 63.4. The summed E-state index contributed by atoms with van der Waals surface area (Å²) < 4.78 is 92.0. The highest BCUT2D eigenvalue weighted by Gasteiger charge is 2.68. The third-order valence-electron chi connectivity index (χ3n) is 18.1. The van der Waals surface area contributed by atoms with Crippen molar-refractivity contribution in [3.63, 3.8) is 0 Å². The van der Waals surface area contributed by atoms with E-state index in [1.807, 2.05) is 91.0 Å². The summed E-state index contributed by atoms with van der Waals surface area (Å²) in [7, 11) is -10.0. The van der Waals surface area contributed by atoms with Gasteiger partial charge < -0.3 is 55.3 Å². The predicted molar refractivity (Wildman–Crippen MR) is 361 cm³/mol. The zero-order valence-electron chi connectivity index (χ0n) is 54.7. The minimum Gasteiger partial charge on any atom is -0.414 e. The van der Waals surface area contributed by atoms with Crippen LogP contribution in [0.5, 0.6) is 0 Å². The van der Waals surface area contributed by atoms with E-state index in [1.165, 1.54) is 0 Å². The third-order valence-corrected chi connectivity index (χ3v) is 33.3. The third kappa shape index (κ3) is 15.3. The number of benzene rings is 7. The average Bonchev–Trinajstić information content (AvgIpc) is 1.51. The van der Waals surface area contributed by atoms with Crippen molar-refractivity contribution in [2.75, 3.05) is 19.8 Å². The van der Waals surface area contributed by atoms with Crippen molar-refractivity contribution in [1.82, 2.24) is 0 Å². The van der Waals surface area contributed by atoms with E-state index in [1.54, 1.807) is 0 Å². The summed E-state index contributed by atoms with van der Waals surface area (Å²) in [5.74, 6) is -1.78. The van der Waals surface area contributed by atoms with Crippen molar-refractivity contribution in [3.8, 4) is 0 Å². The van der Waals surface area contributed by atoms with Crippen LogP contribution in [0.25, 0.3) is 0 Å². The number of hydrogen-bond donors (Lipinski definition) is 0. The molecule has 9 atom stereocenters. The molecule has 0 saturated carbocycles. The van der Waals surface area contributed by atoms with Crippen molar-refractivity contribution in [2.45, 2.75) is 191 Å². The van der Waals surface area contributed by atoms with Crippen LogP contribution in [0.4, 0.5) is 0 Å². The molecule has 0 aliphatic carbocycles. The van der Waals surface area contributed by atoms with Crippen molar-refractivity contribution in [3.05, 3.63) is 240 Å². The van der Waals surface area contributed by atoms with E-state index in [0.29, 0.717) is 6.61 Å². The lowest BCUT2D eigenvalue weighted by Gasteiger charge is -2.50. The van der Waals surface area contributed by atoms with Crippen LogP contribution in [-0.2, 0) is 88.3 Å². The molecule has 3 aliphatic rings. The second kappa shape index (κ2) is 30.6. The Hall–Kier alpha value is -5.29. The molecule has 0 radical (unpaired) electrons. The quantitative estimate of drug-likeness (QED) is 0.0457. The van der Waals surface area contributed by atoms with Gasteiger partial charge in [-0.25, -0.2) is 0 Å². The van der Waals surface area contributed by atoms with Gasteiger partial charge in [-0.3, -0.25) is 0 Å². The number of ether oxygens (including phenoxy) is 8. The molecule has 3 aliphatic heterocycles. The minimum atomic E-state index is -3.44. The lowest BCUT2D eigenvalue weighted by atomic mass is 9.97. The van der Waals surface area contributed by atoms with Crippen molar-refractivity contribution < 1.29 is 55.3 Å². The van der Waals surface area contributed by atoms with E-state index in [-0.39, 0.29) is 73.5 Å². The first-order valence-corrected chi connectivity index (χ1v) is 38.3. The largest absolute Gasteiger partial charge is 0.414 e. The highest BCUT2D eigenvalue weighted by molar-refractivity contribution is 6.99. The lowest BCUT2D eigenvalue weighted by molar-refractivity contribution is -0.395. The molecule has 15 heteroatoms. The Balaban J connectivity index is 1.17. The fraction of sp³-hybridized carbons (Fsp3) is 0.440. The second-order valence-corrected chi connectivity index (χ2v) is 39.8. The lowest BCUT2D eigenvalue weighted by Crippen LogP contribution is -2.67. The zero-order valence-corrected chi connectivity index (χ0v) is 57.7. The molecule has 90 heavy (non-hydrogen) atoms. The standard InChI is InChI=1S/C75H96O12Si3/c1-55(2)89(56(3)4)82-54-75(72(80-51-63-41-27-16-28-42-63)69(86-90(87-89,57(5)6)58(7)8)67(84-75)53-81-88(74(9,10)11,64-43-29-17-30-44-64)65-45-31-18-32-46-65)85-73-71(79-50-62-39-25-15-26-40-62)70(78-49-61-37-23-14-24-38-61)68(77-48-60-35-21-13-22-36-60)66(83-73)52-76-47-59-33-19-12-20-34-59/h12-46,55-58,66-73H,47-54H2,1-11H3/t66-,67-,68-,69-,70+,71-,72+,73-,75+/m1/s1. The minimum absolute atomic E-state index is 0.0190. The Bertz CT molecular complexity index is 3160. The summed E-state index contributed by atoms with van der Waals surface area (Å²) in [6.07, 6.45) is -7.10. The summed E-state index contributed by atoms with van der Waals surface area (Å²) in [6, 6.07) is 72.3. The molecule has 7 aromatic rings. The molecule has 10 rings (SSSR count). The van der Waals surface area contributed by atoms with Crippen LogP contribution >= 0.6 is 0 Å². The molecule has 7 aromatic carbocycles. The van der Waals surface area contributed by atoms with Crippen LogP contribution in [0.1, 0.15) is 104 Å². The summed E-state index contributed by atoms with van der Waals surface area (Å²) in [5.41, 5.74) is 4.82. The van der Waals surface area contributed by atoms with Crippen molar-refractivity contribution in [2.24, 2.45) is 0 Å². The Morgan fingerprint density at radius 3 is 1.27 bits per heavy atom. The van der Waals surface area contributed by atoms with Crippen molar-refractivity contribution in [1.29, 1.82) is 0 Å². The first kappa shape index (κ1) is 67.6. The van der Waals surface area contributed by atoms with Gasteiger partial charge in [-0.15, -0.1) is 0 Å². The van der Waals surface area contributed by atoms with Gasteiger partial charge in [0.2, 0.25) is 5.79 Å². The Morgan fingerprint density at radius 2 is 0.844 bits per heavy atom. The molecule has 3 fully saturated rings. The summed E-state index contributed by atoms with van der Waals surface area (Å²) in [6.45, 7) is 26.1. The maximum Gasteiger partial charge on any atom is 0.335 e. The van der Waals surface area contributed by atoms with Crippen LogP contribution in [0.3, 0.4) is 0 Å². The van der Waals surface area contributed by atoms with Gasteiger partial charge in [0.15, 0.2) is 6.29 Å². The van der Waals surface area contributed by atoms with E-state index in [4.69, 9.17) is 55.3 Å². The van der Waals surface area contributed by atoms with Crippen LogP contribution in [0, 0.1) is 0 Å². The summed E-state index contributed by atoms with van der Waals surface area (Å²) in [5, 5.41) is 1.92.